The number of carboxylic acids is 2. The van der Waals surface area contributed by atoms with Gasteiger partial charge in [-0.15, -0.1) is 0 Å². The minimum atomic E-state index is -1.51. The molecule has 390 valence electrons. The van der Waals surface area contributed by atoms with E-state index in [0.29, 0.717) is 23.2 Å². The van der Waals surface area contributed by atoms with Crippen molar-refractivity contribution in [2.24, 2.45) is 28.1 Å². The highest BCUT2D eigenvalue weighted by Gasteiger charge is 2.40. The number of rotatable bonds is 27. The molecule has 1 aromatic heterocycles. The van der Waals surface area contributed by atoms with Gasteiger partial charge in [0.2, 0.25) is 41.4 Å². The number of amides is 7. The maximum absolute atomic E-state index is 14.3. The van der Waals surface area contributed by atoms with Crippen molar-refractivity contribution < 1.29 is 58.5 Å². The molecule has 2 aromatic carbocycles. The highest BCUT2D eigenvalue weighted by Crippen LogP contribution is 2.21. The van der Waals surface area contributed by atoms with Crippen LogP contribution in [0.2, 0.25) is 0 Å². The molecule has 16 N–H and O–H groups in total. The number of imidazole rings is 1. The molecular weight excluding hydrogens is 939 g/mol. The minimum Gasteiger partial charge on any atom is -0.508 e. The Hall–Kier alpha value is -8.09. The third-order valence-electron chi connectivity index (χ3n) is 11.6. The lowest BCUT2D eigenvalue weighted by molar-refractivity contribution is -0.145. The summed E-state index contributed by atoms with van der Waals surface area (Å²) in [7, 11) is 0. The number of benzene rings is 2. The van der Waals surface area contributed by atoms with Crippen molar-refractivity contribution in [3.05, 3.63) is 83.9 Å². The van der Waals surface area contributed by atoms with E-state index in [1.54, 1.807) is 44.2 Å². The van der Waals surface area contributed by atoms with E-state index in [0.717, 1.165) is 0 Å². The number of hydrogen-bond acceptors (Lipinski definition) is 13. The van der Waals surface area contributed by atoms with Gasteiger partial charge < -0.3 is 74.3 Å². The van der Waals surface area contributed by atoms with Crippen molar-refractivity contribution in [1.82, 2.24) is 46.8 Å². The van der Waals surface area contributed by atoms with Crippen LogP contribution in [0.15, 0.2) is 72.1 Å². The van der Waals surface area contributed by atoms with Gasteiger partial charge >= 0.3 is 11.9 Å². The van der Waals surface area contributed by atoms with E-state index in [9.17, 15) is 53.4 Å². The maximum atomic E-state index is 14.3. The normalized spacial score (nSPS) is 16.1. The van der Waals surface area contributed by atoms with Crippen LogP contribution in [0.3, 0.4) is 0 Å². The summed E-state index contributed by atoms with van der Waals surface area (Å²) in [5.74, 6) is -9.17. The molecular formula is C47H65N13O12. The number of hydrogen-bond donors (Lipinski definition) is 13. The van der Waals surface area contributed by atoms with Crippen molar-refractivity contribution in [3.63, 3.8) is 0 Å². The van der Waals surface area contributed by atoms with Crippen LogP contribution in [0.1, 0.15) is 69.7 Å². The number of aliphatic imine (C=N–C) groups is 1. The average Bonchev–Trinajstić information content (AvgIpc) is 4.04. The first-order valence-electron chi connectivity index (χ1n) is 23.3. The van der Waals surface area contributed by atoms with Crippen LogP contribution in [0.5, 0.6) is 5.75 Å². The van der Waals surface area contributed by atoms with Gasteiger partial charge in [-0.2, -0.15) is 0 Å². The maximum Gasteiger partial charge on any atom is 0.326 e. The standard InChI is InChI=1S/C47H65N13O12/c1-25(2)38(59-41(66)32(11-7-17-52-47(49)50)55-40(65)31(48)22-37(62)63)44(69)56-33(19-28-13-15-30(61)16-14-28)42(67)54-26(3)39(64)57-34(21-29-23-51-24-53-29)45(70)60-18-8-12-36(60)43(68)58-35(46(71)72)20-27-9-5-4-6-10-27/h4-6,9-10,13-16,23-26,31-36,38,61H,7-8,11-12,17-22,48H2,1-3H3,(H,51,53)(H,54,67)(H,55,65)(H,56,69)(H,57,64)(H,58,68)(H,59,66)(H,62,63)(H,71,72)(H4,49,50,52)/t26?,31-,32-,33-,34-,35-,36-,38-/m0/s1. The molecule has 25 nitrogen and oxygen atoms in total. The molecule has 1 unspecified atom stereocenters. The minimum absolute atomic E-state index is 0.00123. The number of aliphatic carboxylic acids is 2. The third-order valence-corrected chi connectivity index (χ3v) is 11.6. The first kappa shape index (κ1) is 56.5. The number of phenolic OH excluding ortho intramolecular Hbond substituents is 1. The zero-order chi connectivity index (χ0) is 53.1. The summed E-state index contributed by atoms with van der Waals surface area (Å²) in [5.41, 5.74) is 18.2. The monoisotopic (exact) mass is 1000 g/mol. The number of phenols is 1. The molecule has 3 aromatic rings. The van der Waals surface area contributed by atoms with E-state index in [1.807, 2.05) is 0 Å². The summed E-state index contributed by atoms with van der Waals surface area (Å²) in [6.07, 6.45) is 2.54. The summed E-state index contributed by atoms with van der Waals surface area (Å²) in [5, 5.41) is 44.5. The number of carboxylic acid groups (broad SMARTS) is 2. The van der Waals surface area contributed by atoms with Crippen LogP contribution in [0, 0.1) is 5.92 Å². The van der Waals surface area contributed by atoms with Crippen molar-refractivity contribution in [2.75, 3.05) is 13.1 Å². The van der Waals surface area contributed by atoms with Crippen LogP contribution in [-0.4, -0.2) is 151 Å². The Morgan fingerprint density at radius 3 is 1.99 bits per heavy atom. The predicted molar refractivity (Wildman–Crippen MR) is 259 cm³/mol. The number of H-pyrrole nitrogens is 1. The van der Waals surface area contributed by atoms with Gasteiger partial charge in [0.05, 0.1) is 18.8 Å². The quantitative estimate of drug-likeness (QED) is 0.0216. The average molecular weight is 1000 g/mol. The first-order chi connectivity index (χ1) is 34.1. The summed E-state index contributed by atoms with van der Waals surface area (Å²) < 4.78 is 0. The van der Waals surface area contributed by atoms with Crippen molar-refractivity contribution in [3.8, 4) is 5.75 Å². The van der Waals surface area contributed by atoms with Crippen LogP contribution in [-0.2, 0) is 62.4 Å². The molecule has 0 aliphatic carbocycles. The summed E-state index contributed by atoms with van der Waals surface area (Å²) in [6.45, 7) is 4.75. The molecule has 1 aliphatic heterocycles. The lowest BCUT2D eigenvalue weighted by atomic mass is 9.99. The van der Waals surface area contributed by atoms with Gasteiger partial charge in [0.1, 0.15) is 48.0 Å². The van der Waals surface area contributed by atoms with Gasteiger partial charge in [-0.3, -0.25) is 43.3 Å². The lowest BCUT2D eigenvalue weighted by Crippen LogP contribution is -2.61. The molecule has 1 saturated heterocycles. The largest absolute Gasteiger partial charge is 0.508 e. The molecule has 1 aliphatic rings. The second kappa shape index (κ2) is 27.3. The number of likely N-dealkylation sites (tertiary alicyclic amines) is 1. The molecule has 72 heavy (non-hydrogen) atoms. The first-order valence-corrected chi connectivity index (χ1v) is 23.3. The molecule has 0 spiro atoms. The Labute approximate surface area is 414 Å². The number of aromatic hydroxyl groups is 1. The molecule has 1 fully saturated rings. The Morgan fingerprint density at radius 1 is 0.750 bits per heavy atom. The number of nitrogens with one attached hydrogen (secondary N) is 7. The van der Waals surface area contributed by atoms with Crippen LogP contribution in [0.25, 0.3) is 0 Å². The topological polar surface area (TPSA) is 409 Å². The Balaban J connectivity index is 1.52. The number of carbonyl (C=O) groups excluding carboxylic acids is 7. The van der Waals surface area contributed by atoms with Crippen LogP contribution in [0.4, 0.5) is 0 Å². The van der Waals surface area contributed by atoms with Gasteiger partial charge in [0.25, 0.3) is 0 Å². The van der Waals surface area contributed by atoms with E-state index in [2.05, 4.69) is 46.9 Å². The summed E-state index contributed by atoms with van der Waals surface area (Å²) >= 11 is 0. The smallest absolute Gasteiger partial charge is 0.326 e. The zero-order valence-electron chi connectivity index (χ0n) is 40.2. The summed E-state index contributed by atoms with van der Waals surface area (Å²) in [4.78, 5) is 132. The second-order valence-electron chi connectivity index (χ2n) is 17.7. The number of nitrogens with zero attached hydrogens (tertiary/aromatic N) is 3. The van der Waals surface area contributed by atoms with Gasteiger partial charge in [0, 0.05) is 44.2 Å². The third kappa shape index (κ3) is 17.7. The second-order valence-corrected chi connectivity index (χ2v) is 17.7. The number of guanidine groups is 1. The Bertz CT molecular complexity index is 2380. The molecule has 7 amide bonds. The SMILES string of the molecule is CC(NC(=O)[C@H](Cc1ccc(O)cc1)NC(=O)[C@@H](NC(=O)[C@H](CCCN=C(N)N)NC(=O)[C@@H](N)CC(=O)O)C(C)C)C(=O)N[C@@H](Cc1cnc[nH]1)C(=O)N1CCC[C@H]1C(=O)N[C@@H](Cc1ccccc1)C(=O)O. The van der Waals surface area contributed by atoms with Gasteiger partial charge in [0.15, 0.2) is 5.96 Å². The number of carbonyl (C=O) groups is 9. The number of nitrogens with two attached hydrogens (primary N) is 3. The molecule has 2 heterocycles. The zero-order valence-corrected chi connectivity index (χ0v) is 40.2. The van der Waals surface area contributed by atoms with Gasteiger partial charge in [-0.05, 0) is 61.8 Å². The van der Waals surface area contributed by atoms with Gasteiger partial charge in [-0.25, -0.2) is 9.78 Å². The number of aromatic nitrogens is 2. The van der Waals surface area contributed by atoms with Crippen molar-refractivity contribution in [2.45, 2.75) is 120 Å². The van der Waals surface area contributed by atoms with Crippen molar-refractivity contribution >= 4 is 59.2 Å². The van der Waals surface area contributed by atoms with Crippen molar-refractivity contribution in [1.29, 1.82) is 0 Å². The van der Waals surface area contributed by atoms with Gasteiger partial charge in [-0.1, -0.05) is 56.3 Å². The molecule has 0 saturated carbocycles. The predicted octanol–water partition coefficient (Wildman–Crippen LogP) is -2.34. The molecule has 4 rings (SSSR count). The number of aromatic amines is 1. The molecule has 0 radical (unpaired) electrons. The Kier molecular flexibility index (Phi) is 21.5. The van der Waals surface area contributed by atoms with E-state index >= 15 is 0 Å². The van der Waals surface area contributed by atoms with Crippen LogP contribution < -0.4 is 49.1 Å². The lowest BCUT2D eigenvalue weighted by Gasteiger charge is -2.30. The Morgan fingerprint density at radius 2 is 1.38 bits per heavy atom. The van der Waals surface area contributed by atoms with E-state index in [1.165, 1.54) is 48.6 Å². The van der Waals surface area contributed by atoms with E-state index in [4.69, 9.17) is 22.3 Å². The summed E-state index contributed by atoms with van der Waals surface area (Å²) in [6, 6.07) is 3.88. The van der Waals surface area contributed by atoms with Crippen LogP contribution >= 0.6 is 0 Å². The fourth-order valence-electron chi connectivity index (χ4n) is 7.77. The van der Waals surface area contributed by atoms with E-state index in [-0.39, 0.29) is 63.3 Å². The van der Waals surface area contributed by atoms with E-state index < -0.39 is 114 Å². The fourth-order valence-corrected chi connectivity index (χ4v) is 7.77. The highest BCUT2D eigenvalue weighted by atomic mass is 16.4. The molecule has 0 bridgehead atoms. The molecule has 8 atom stereocenters. The fraction of sp³-hybridized carbons (Fsp3) is 0.468. The highest BCUT2D eigenvalue weighted by molar-refractivity contribution is 5.98. The molecule has 25 heteroatoms.